The van der Waals surface area contributed by atoms with E-state index in [0.29, 0.717) is 11.5 Å². The van der Waals surface area contributed by atoms with Crippen molar-refractivity contribution in [3.63, 3.8) is 0 Å². The molecule has 1 fully saturated rings. The number of benzene rings is 1. The monoisotopic (exact) mass is 193 g/mol. The summed E-state index contributed by atoms with van der Waals surface area (Å²) in [7, 11) is 0. The molecule has 0 heterocycles. The van der Waals surface area contributed by atoms with Crippen molar-refractivity contribution >= 4 is 11.5 Å². The number of carbonyl (C=O) groups is 1. The highest BCUT2D eigenvalue weighted by atomic mass is 19.1. The summed E-state index contributed by atoms with van der Waals surface area (Å²) in [5.41, 5.74) is 5.85. The number of Topliss-reactive ketones (excluding diaryl/α,β-unsaturated/α-hetero) is 1. The van der Waals surface area contributed by atoms with E-state index in [4.69, 9.17) is 5.73 Å². The van der Waals surface area contributed by atoms with E-state index in [-0.39, 0.29) is 17.4 Å². The predicted octanol–water partition coefficient (Wildman–Crippen LogP) is 2.25. The molecule has 0 aromatic heterocycles. The van der Waals surface area contributed by atoms with Crippen LogP contribution in [0, 0.1) is 17.7 Å². The number of nitrogens with two attached hydrogens (primary N) is 1. The van der Waals surface area contributed by atoms with Gasteiger partial charge in [-0.05, 0) is 30.5 Å². The van der Waals surface area contributed by atoms with Gasteiger partial charge >= 0.3 is 0 Å². The number of anilines is 1. The molecular weight excluding hydrogens is 181 g/mol. The van der Waals surface area contributed by atoms with Crippen molar-refractivity contribution in [1.29, 1.82) is 0 Å². The summed E-state index contributed by atoms with van der Waals surface area (Å²) in [4.78, 5) is 11.7. The van der Waals surface area contributed by atoms with Crippen LogP contribution in [0.5, 0.6) is 0 Å². The van der Waals surface area contributed by atoms with E-state index >= 15 is 0 Å². The lowest BCUT2D eigenvalue weighted by atomic mass is 10.1. The van der Waals surface area contributed by atoms with E-state index in [1.54, 1.807) is 6.07 Å². The Kier molecular flexibility index (Phi) is 2.02. The van der Waals surface area contributed by atoms with E-state index in [1.165, 1.54) is 12.1 Å². The van der Waals surface area contributed by atoms with Crippen molar-refractivity contribution in [1.82, 2.24) is 0 Å². The van der Waals surface area contributed by atoms with Crippen molar-refractivity contribution in [3.8, 4) is 0 Å². The van der Waals surface area contributed by atoms with Gasteiger partial charge < -0.3 is 5.73 Å². The second-order valence-corrected chi connectivity index (χ2v) is 3.92. The Morgan fingerprint density at radius 2 is 2.21 bits per heavy atom. The summed E-state index contributed by atoms with van der Waals surface area (Å²) in [6.07, 6.45) is 0.921. The summed E-state index contributed by atoms with van der Waals surface area (Å²) >= 11 is 0. The van der Waals surface area contributed by atoms with Crippen molar-refractivity contribution in [2.75, 3.05) is 5.73 Å². The van der Waals surface area contributed by atoms with E-state index in [9.17, 15) is 9.18 Å². The van der Waals surface area contributed by atoms with E-state index in [0.717, 1.165) is 6.42 Å². The van der Waals surface area contributed by atoms with Gasteiger partial charge in [0.2, 0.25) is 0 Å². The van der Waals surface area contributed by atoms with Gasteiger partial charge in [-0.3, -0.25) is 4.79 Å². The third-order valence-corrected chi connectivity index (χ3v) is 2.73. The minimum absolute atomic E-state index is 0.0383. The van der Waals surface area contributed by atoms with Gasteiger partial charge in [0.25, 0.3) is 0 Å². The Labute approximate surface area is 81.9 Å². The lowest BCUT2D eigenvalue weighted by Crippen LogP contribution is -2.04. The lowest BCUT2D eigenvalue weighted by molar-refractivity contribution is 0.0962. The maximum Gasteiger partial charge on any atom is 0.166 e. The molecule has 3 heteroatoms. The molecule has 2 nitrogen and oxygen atoms in total. The molecule has 1 saturated carbocycles. The second kappa shape index (κ2) is 3.08. The van der Waals surface area contributed by atoms with Crippen LogP contribution in [0.15, 0.2) is 18.2 Å². The molecule has 1 aliphatic rings. The molecule has 0 bridgehead atoms. The zero-order valence-corrected chi connectivity index (χ0v) is 7.96. The van der Waals surface area contributed by atoms with Crippen molar-refractivity contribution in [3.05, 3.63) is 29.6 Å². The summed E-state index contributed by atoms with van der Waals surface area (Å²) in [5.74, 6) is 0.0710. The molecule has 1 aliphatic carbocycles. The Morgan fingerprint density at radius 3 is 2.71 bits per heavy atom. The van der Waals surface area contributed by atoms with Crippen LogP contribution in [0.25, 0.3) is 0 Å². The van der Waals surface area contributed by atoms with Gasteiger partial charge in [0.15, 0.2) is 5.78 Å². The molecule has 74 valence electrons. The van der Waals surface area contributed by atoms with Crippen LogP contribution < -0.4 is 5.73 Å². The van der Waals surface area contributed by atoms with Gasteiger partial charge in [0.1, 0.15) is 5.82 Å². The van der Waals surface area contributed by atoms with Crippen LogP contribution in [0.2, 0.25) is 0 Å². The Balaban J connectivity index is 2.24. The van der Waals surface area contributed by atoms with Crippen LogP contribution in [0.1, 0.15) is 23.7 Å². The summed E-state index contributed by atoms with van der Waals surface area (Å²) < 4.78 is 13.0. The molecule has 1 aromatic rings. The van der Waals surface area contributed by atoms with Crippen LogP contribution in [0.4, 0.5) is 10.1 Å². The van der Waals surface area contributed by atoms with Crippen LogP contribution in [0.3, 0.4) is 0 Å². The van der Waals surface area contributed by atoms with E-state index in [2.05, 4.69) is 0 Å². The fraction of sp³-hybridized carbons (Fsp3) is 0.364. The predicted molar refractivity (Wildman–Crippen MR) is 52.4 cm³/mol. The minimum atomic E-state index is -0.510. The fourth-order valence-electron chi connectivity index (χ4n) is 1.58. The molecule has 0 saturated heterocycles. The average Bonchev–Trinajstić information content (AvgIpc) is 2.86. The zero-order valence-electron chi connectivity index (χ0n) is 7.96. The van der Waals surface area contributed by atoms with Gasteiger partial charge in [0.05, 0.1) is 5.69 Å². The number of hydrogen-bond donors (Lipinski definition) is 1. The Hall–Kier alpha value is -1.38. The Bertz CT molecular complexity index is 389. The summed E-state index contributed by atoms with van der Waals surface area (Å²) in [5, 5.41) is 0. The number of carbonyl (C=O) groups excluding carboxylic acids is 1. The van der Waals surface area contributed by atoms with Crippen molar-refractivity contribution < 1.29 is 9.18 Å². The standard InChI is InChI=1S/C11H12FNO/c1-6-4-8(6)11(14)7-2-3-10(13)9(12)5-7/h2-3,5-6,8H,4,13H2,1H3. The van der Waals surface area contributed by atoms with Gasteiger partial charge in [-0.2, -0.15) is 0 Å². The molecule has 2 atom stereocenters. The first-order valence-corrected chi connectivity index (χ1v) is 4.69. The van der Waals surface area contributed by atoms with Gasteiger partial charge in [-0.25, -0.2) is 4.39 Å². The third-order valence-electron chi connectivity index (χ3n) is 2.73. The number of hydrogen-bond acceptors (Lipinski definition) is 2. The number of ketones is 1. The number of nitrogen functional groups attached to an aromatic ring is 1. The molecule has 0 spiro atoms. The molecule has 0 aliphatic heterocycles. The maximum absolute atomic E-state index is 13.0. The normalized spacial score (nSPS) is 24.7. The van der Waals surface area contributed by atoms with Gasteiger partial charge in [0, 0.05) is 11.5 Å². The molecular formula is C11H12FNO. The number of rotatable bonds is 2. The zero-order chi connectivity index (χ0) is 10.3. The van der Waals surface area contributed by atoms with Crippen LogP contribution in [-0.2, 0) is 0 Å². The van der Waals surface area contributed by atoms with E-state index < -0.39 is 5.82 Å². The molecule has 2 N–H and O–H groups in total. The minimum Gasteiger partial charge on any atom is -0.396 e. The quantitative estimate of drug-likeness (QED) is 0.578. The highest BCUT2D eigenvalue weighted by Crippen LogP contribution is 2.40. The second-order valence-electron chi connectivity index (χ2n) is 3.92. The van der Waals surface area contributed by atoms with Gasteiger partial charge in [-0.1, -0.05) is 6.92 Å². The highest BCUT2D eigenvalue weighted by Gasteiger charge is 2.39. The molecule has 1 aromatic carbocycles. The molecule has 14 heavy (non-hydrogen) atoms. The lowest BCUT2D eigenvalue weighted by Gasteiger charge is -2.01. The fourth-order valence-corrected chi connectivity index (χ4v) is 1.58. The van der Waals surface area contributed by atoms with Crippen molar-refractivity contribution in [2.45, 2.75) is 13.3 Å². The first kappa shape index (κ1) is 9.19. The first-order valence-electron chi connectivity index (χ1n) is 4.69. The highest BCUT2D eigenvalue weighted by molar-refractivity contribution is 5.99. The molecule has 0 radical (unpaired) electrons. The van der Waals surface area contributed by atoms with Crippen molar-refractivity contribution in [2.24, 2.45) is 11.8 Å². The smallest absolute Gasteiger partial charge is 0.166 e. The third kappa shape index (κ3) is 1.50. The SMILES string of the molecule is CC1CC1C(=O)c1ccc(N)c(F)c1. The Morgan fingerprint density at radius 1 is 1.57 bits per heavy atom. The molecule has 2 rings (SSSR count). The summed E-state index contributed by atoms with van der Waals surface area (Å²) in [6.45, 7) is 2.02. The molecule has 2 unspecified atom stereocenters. The van der Waals surface area contributed by atoms with Crippen LogP contribution >= 0.6 is 0 Å². The summed E-state index contributed by atoms with van der Waals surface area (Å²) in [6, 6.07) is 4.25. The van der Waals surface area contributed by atoms with Crippen LogP contribution in [-0.4, -0.2) is 5.78 Å². The largest absolute Gasteiger partial charge is 0.396 e. The molecule has 0 amide bonds. The number of halogens is 1. The average molecular weight is 193 g/mol. The maximum atomic E-state index is 13.0. The first-order chi connectivity index (χ1) is 6.59. The van der Waals surface area contributed by atoms with E-state index in [1.807, 2.05) is 6.92 Å². The topological polar surface area (TPSA) is 43.1 Å². The van der Waals surface area contributed by atoms with Gasteiger partial charge in [-0.15, -0.1) is 0 Å².